The Morgan fingerprint density at radius 3 is 2.64 bits per heavy atom. The number of hydrogen-bond acceptors (Lipinski definition) is 5. The van der Waals surface area contributed by atoms with E-state index < -0.39 is 11.5 Å². The first-order chi connectivity index (χ1) is 10.6. The molecule has 2 aromatic rings. The van der Waals surface area contributed by atoms with Crippen molar-refractivity contribution in [1.82, 2.24) is 5.01 Å². The standard InChI is InChI=1S/C15H9N3O4/c1-7-6-10(19)18(17-7)13-11-8-4-2-3-5-9(8)22-15(21)12(11)14(20)16-13/h2-5H,6H2,1H3. The molecule has 2 aliphatic heterocycles. The second-order valence-corrected chi connectivity index (χ2v) is 5.09. The van der Waals surface area contributed by atoms with Crippen LogP contribution in [0.3, 0.4) is 0 Å². The zero-order valence-electron chi connectivity index (χ0n) is 11.5. The van der Waals surface area contributed by atoms with Crippen LogP contribution in [0.2, 0.25) is 0 Å². The monoisotopic (exact) mass is 295 g/mol. The van der Waals surface area contributed by atoms with Crippen LogP contribution < -0.4 is 5.63 Å². The maximum absolute atomic E-state index is 12.1. The number of carbonyl (C=O) groups is 2. The largest absolute Gasteiger partial charge is 0.422 e. The summed E-state index contributed by atoms with van der Waals surface area (Å²) in [5.41, 5.74) is 0.358. The van der Waals surface area contributed by atoms with Crippen LogP contribution in [0.1, 0.15) is 29.3 Å². The number of hydrazone groups is 1. The summed E-state index contributed by atoms with van der Waals surface area (Å²) in [5.74, 6) is -0.905. The first-order valence-electron chi connectivity index (χ1n) is 6.62. The van der Waals surface area contributed by atoms with Crippen molar-refractivity contribution in [3.8, 4) is 0 Å². The van der Waals surface area contributed by atoms with E-state index in [-0.39, 0.29) is 23.7 Å². The van der Waals surface area contributed by atoms with Gasteiger partial charge in [-0.15, -0.1) is 0 Å². The van der Waals surface area contributed by atoms with Gasteiger partial charge in [0.25, 0.3) is 11.8 Å². The summed E-state index contributed by atoms with van der Waals surface area (Å²) in [6, 6.07) is 6.80. The van der Waals surface area contributed by atoms with Crippen molar-refractivity contribution in [2.75, 3.05) is 0 Å². The van der Waals surface area contributed by atoms with Gasteiger partial charge in [0, 0.05) is 11.1 Å². The first kappa shape index (κ1) is 12.6. The number of nitrogens with zero attached hydrogens (tertiary/aromatic N) is 3. The highest BCUT2D eigenvalue weighted by Crippen LogP contribution is 2.28. The number of amidine groups is 1. The fraction of sp³-hybridized carbons (Fsp3) is 0.133. The van der Waals surface area contributed by atoms with Crippen LogP contribution in [0.25, 0.3) is 11.0 Å². The maximum Gasteiger partial charge on any atom is 0.350 e. The molecule has 7 heteroatoms. The Bertz CT molecular complexity index is 984. The van der Waals surface area contributed by atoms with E-state index in [1.807, 2.05) is 0 Å². The van der Waals surface area contributed by atoms with Crippen LogP contribution in [-0.2, 0) is 4.79 Å². The van der Waals surface area contributed by atoms with E-state index in [0.29, 0.717) is 22.2 Å². The Morgan fingerprint density at radius 2 is 1.91 bits per heavy atom. The molecule has 7 nitrogen and oxygen atoms in total. The van der Waals surface area contributed by atoms with Gasteiger partial charge in [0.15, 0.2) is 5.84 Å². The van der Waals surface area contributed by atoms with Crippen LogP contribution in [-0.4, -0.2) is 28.4 Å². The molecule has 0 bridgehead atoms. The summed E-state index contributed by atoms with van der Waals surface area (Å²) in [4.78, 5) is 40.0. The molecule has 0 fully saturated rings. The average molecular weight is 295 g/mol. The normalized spacial score (nSPS) is 17.0. The molecule has 0 N–H and O–H groups in total. The number of benzene rings is 1. The van der Waals surface area contributed by atoms with Gasteiger partial charge in [-0.1, -0.05) is 18.2 Å². The van der Waals surface area contributed by atoms with E-state index in [2.05, 4.69) is 10.1 Å². The van der Waals surface area contributed by atoms with Gasteiger partial charge in [-0.2, -0.15) is 15.1 Å². The Hall–Kier alpha value is -3.09. The van der Waals surface area contributed by atoms with Crippen molar-refractivity contribution < 1.29 is 14.0 Å². The van der Waals surface area contributed by atoms with Gasteiger partial charge >= 0.3 is 5.63 Å². The summed E-state index contributed by atoms with van der Waals surface area (Å²) in [7, 11) is 0. The Kier molecular flexibility index (Phi) is 2.41. The van der Waals surface area contributed by atoms with E-state index in [1.165, 1.54) is 0 Å². The summed E-state index contributed by atoms with van der Waals surface area (Å²) >= 11 is 0. The van der Waals surface area contributed by atoms with Crippen LogP contribution >= 0.6 is 0 Å². The molecule has 0 aliphatic carbocycles. The molecule has 22 heavy (non-hydrogen) atoms. The number of hydrogen-bond donors (Lipinski definition) is 0. The van der Waals surface area contributed by atoms with Crippen molar-refractivity contribution in [2.24, 2.45) is 10.1 Å². The fourth-order valence-electron chi connectivity index (χ4n) is 2.66. The molecule has 0 saturated carbocycles. The Labute approximate surface area is 123 Å². The zero-order valence-corrected chi connectivity index (χ0v) is 11.5. The van der Waals surface area contributed by atoms with Gasteiger partial charge in [0.1, 0.15) is 11.1 Å². The number of para-hydroxylation sites is 1. The lowest BCUT2D eigenvalue weighted by molar-refractivity contribution is -0.125. The third-order valence-corrected chi connectivity index (χ3v) is 3.57. The van der Waals surface area contributed by atoms with Gasteiger partial charge in [-0.25, -0.2) is 4.79 Å². The van der Waals surface area contributed by atoms with Gasteiger partial charge in [-0.3, -0.25) is 9.59 Å². The van der Waals surface area contributed by atoms with Gasteiger partial charge in [-0.05, 0) is 13.0 Å². The van der Waals surface area contributed by atoms with Crippen LogP contribution in [0.4, 0.5) is 0 Å². The number of fused-ring (bicyclic) bond motifs is 3. The Balaban J connectivity index is 2.05. The molecule has 2 amide bonds. The van der Waals surface area contributed by atoms with Crippen molar-refractivity contribution in [3.05, 3.63) is 45.8 Å². The van der Waals surface area contributed by atoms with Crippen LogP contribution in [0.15, 0.2) is 43.6 Å². The quantitative estimate of drug-likeness (QED) is 0.685. The maximum atomic E-state index is 12.1. The van der Waals surface area contributed by atoms with Gasteiger partial charge in [0.2, 0.25) is 0 Å². The molecule has 1 aromatic carbocycles. The second kappa shape index (κ2) is 4.20. The molecule has 0 spiro atoms. The second-order valence-electron chi connectivity index (χ2n) is 5.09. The number of aliphatic imine (C=N–C) groups is 1. The lowest BCUT2D eigenvalue weighted by Crippen LogP contribution is -2.29. The third-order valence-electron chi connectivity index (χ3n) is 3.57. The van der Waals surface area contributed by atoms with Crippen molar-refractivity contribution in [1.29, 1.82) is 0 Å². The van der Waals surface area contributed by atoms with Gasteiger partial charge in [0.05, 0.1) is 12.0 Å². The minimum absolute atomic E-state index is 0.0888. The topological polar surface area (TPSA) is 92.3 Å². The molecule has 0 saturated heterocycles. The Morgan fingerprint density at radius 1 is 1.14 bits per heavy atom. The minimum Gasteiger partial charge on any atom is -0.422 e. The molecule has 2 aliphatic rings. The first-order valence-corrected chi connectivity index (χ1v) is 6.62. The van der Waals surface area contributed by atoms with E-state index in [1.54, 1.807) is 31.2 Å². The summed E-state index contributed by atoms with van der Waals surface area (Å²) in [5, 5.41) is 5.74. The number of rotatable bonds is 0. The molecule has 0 radical (unpaired) electrons. The lowest BCUT2D eigenvalue weighted by Gasteiger charge is -2.13. The number of carbonyl (C=O) groups excluding carboxylic acids is 2. The van der Waals surface area contributed by atoms with Crippen molar-refractivity contribution >= 4 is 34.3 Å². The molecule has 108 valence electrons. The predicted molar refractivity (Wildman–Crippen MR) is 77.9 cm³/mol. The zero-order chi connectivity index (χ0) is 15.4. The molecule has 4 rings (SSSR count). The van der Waals surface area contributed by atoms with Crippen molar-refractivity contribution in [2.45, 2.75) is 13.3 Å². The minimum atomic E-state index is -0.759. The highest BCUT2D eigenvalue weighted by atomic mass is 16.4. The summed E-state index contributed by atoms with van der Waals surface area (Å²) in [6.07, 6.45) is 0.169. The van der Waals surface area contributed by atoms with Crippen molar-refractivity contribution in [3.63, 3.8) is 0 Å². The molecule has 0 unspecified atom stereocenters. The van der Waals surface area contributed by atoms with E-state index >= 15 is 0 Å². The summed E-state index contributed by atoms with van der Waals surface area (Å²) < 4.78 is 5.14. The van der Waals surface area contributed by atoms with E-state index in [0.717, 1.165) is 5.01 Å². The molecule has 1 aromatic heterocycles. The molecule has 0 atom stereocenters. The predicted octanol–water partition coefficient (Wildman–Crippen LogP) is 1.30. The summed E-state index contributed by atoms with van der Waals surface area (Å²) in [6.45, 7) is 1.72. The SMILES string of the molecule is CC1=NN(C2=NC(=O)c3c2c2ccccc2oc3=O)C(=O)C1. The smallest absolute Gasteiger partial charge is 0.350 e. The average Bonchev–Trinajstić information content (AvgIpc) is 2.99. The molecule has 3 heterocycles. The van der Waals surface area contributed by atoms with E-state index in [4.69, 9.17) is 4.42 Å². The third kappa shape index (κ3) is 1.59. The van der Waals surface area contributed by atoms with Gasteiger partial charge < -0.3 is 4.42 Å². The lowest BCUT2D eigenvalue weighted by atomic mass is 10.0. The fourth-order valence-corrected chi connectivity index (χ4v) is 2.66. The van der Waals surface area contributed by atoms with Crippen LogP contribution in [0.5, 0.6) is 0 Å². The highest BCUT2D eigenvalue weighted by Gasteiger charge is 2.37. The molecular formula is C15H9N3O4. The van der Waals surface area contributed by atoms with E-state index in [9.17, 15) is 14.4 Å². The van der Waals surface area contributed by atoms with Crippen LogP contribution in [0, 0.1) is 0 Å². The molecular weight excluding hydrogens is 286 g/mol. The number of amides is 2. The highest BCUT2D eigenvalue weighted by molar-refractivity contribution is 6.29.